The van der Waals surface area contributed by atoms with E-state index < -0.39 is 12.2 Å². The highest BCUT2D eigenvalue weighted by Gasteiger charge is 2.32. The number of alkyl halides is 3. The minimum atomic E-state index is -4.79. The van der Waals surface area contributed by atoms with Crippen LogP contribution in [0.4, 0.5) is 17.6 Å². The molecule has 11 heteroatoms. The highest BCUT2D eigenvalue weighted by Crippen LogP contribution is 2.37. The lowest BCUT2D eigenvalue weighted by molar-refractivity contribution is -0.274. The van der Waals surface area contributed by atoms with Gasteiger partial charge in [-0.3, -0.25) is 4.79 Å². The summed E-state index contributed by atoms with van der Waals surface area (Å²) in [6.07, 6.45) is 1.58. The van der Waals surface area contributed by atoms with E-state index in [1.54, 1.807) is 12.0 Å². The number of fused-ring (bicyclic) bond motifs is 1. The number of halogens is 4. The highest BCUT2D eigenvalue weighted by molar-refractivity contribution is 5.94. The van der Waals surface area contributed by atoms with Gasteiger partial charge in [0.25, 0.3) is 5.91 Å². The third-order valence-electron chi connectivity index (χ3n) is 7.44. The first-order valence-corrected chi connectivity index (χ1v) is 12.4. The number of aromatic amines is 1. The van der Waals surface area contributed by atoms with Crippen LogP contribution in [0.2, 0.25) is 0 Å². The van der Waals surface area contributed by atoms with Crippen molar-refractivity contribution in [2.45, 2.75) is 62.8 Å². The Labute approximate surface area is 211 Å². The third kappa shape index (κ3) is 5.56. The van der Waals surface area contributed by atoms with Gasteiger partial charge in [0.05, 0.1) is 12.3 Å². The fourth-order valence-corrected chi connectivity index (χ4v) is 5.47. The molecule has 2 aromatic heterocycles. The van der Waals surface area contributed by atoms with Crippen LogP contribution < -0.4 is 4.74 Å². The van der Waals surface area contributed by atoms with E-state index in [2.05, 4.69) is 14.7 Å². The van der Waals surface area contributed by atoms with Gasteiger partial charge < -0.3 is 19.4 Å². The van der Waals surface area contributed by atoms with Gasteiger partial charge in [0.2, 0.25) is 0 Å². The second-order valence-electron chi connectivity index (χ2n) is 9.69. The molecule has 0 spiro atoms. The molecule has 198 valence electrons. The summed E-state index contributed by atoms with van der Waals surface area (Å²) in [4.78, 5) is 26.8. The lowest BCUT2D eigenvalue weighted by Gasteiger charge is -2.32. The first kappa shape index (κ1) is 25.4. The molecule has 7 nitrogen and oxygen atoms in total. The number of nitrogens with one attached hydrogen (secondary N) is 1. The number of ether oxygens (including phenoxy) is 2. The third-order valence-corrected chi connectivity index (χ3v) is 7.44. The quantitative estimate of drug-likeness (QED) is 0.438. The number of nitrogens with zero attached hydrogens (tertiary/aromatic N) is 3. The summed E-state index contributed by atoms with van der Waals surface area (Å²) in [5.74, 6) is -0.120. The van der Waals surface area contributed by atoms with Gasteiger partial charge in [0, 0.05) is 37.2 Å². The van der Waals surface area contributed by atoms with Crippen LogP contribution in [0.5, 0.6) is 5.75 Å². The van der Waals surface area contributed by atoms with E-state index >= 15 is 4.39 Å². The first-order valence-electron chi connectivity index (χ1n) is 12.4. The molecule has 3 heterocycles. The van der Waals surface area contributed by atoms with Gasteiger partial charge in [-0.05, 0) is 68.7 Å². The van der Waals surface area contributed by atoms with Gasteiger partial charge in [-0.25, -0.2) is 14.4 Å². The first-order chi connectivity index (χ1) is 17.7. The maximum atomic E-state index is 15.0. The molecule has 1 amide bonds. The SMILES string of the molecule is COC1CCC(c2nc3c(C4CCN(C(=O)c5ccc(OC(F)(F)F)cc5)CC4)c(F)cnc3[nH]2)CC1. The van der Waals surface area contributed by atoms with E-state index in [9.17, 15) is 18.0 Å². The van der Waals surface area contributed by atoms with Gasteiger partial charge in [-0.15, -0.1) is 13.2 Å². The van der Waals surface area contributed by atoms with Crippen LogP contribution in [0, 0.1) is 5.82 Å². The number of likely N-dealkylation sites (tertiary alicyclic amines) is 1. The van der Waals surface area contributed by atoms with E-state index in [4.69, 9.17) is 9.72 Å². The number of aromatic nitrogens is 3. The Morgan fingerprint density at radius 3 is 2.32 bits per heavy atom. The molecular formula is C26H28F4N4O3. The monoisotopic (exact) mass is 520 g/mol. The Morgan fingerprint density at radius 2 is 1.70 bits per heavy atom. The molecule has 1 saturated carbocycles. The van der Waals surface area contributed by atoms with Gasteiger partial charge in [0.15, 0.2) is 5.65 Å². The van der Waals surface area contributed by atoms with Crippen molar-refractivity contribution in [3.63, 3.8) is 0 Å². The van der Waals surface area contributed by atoms with E-state index in [1.807, 2.05) is 0 Å². The lowest BCUT2D eigenvalue weighted by atomic mass is 9.87. The zero-order valence-corrected chi connectivity index (χ0v) is 20.4. The van der Waals surface area contributed by atoms with Crippen molar-refractivity contribution in [3.8, 4) is 5.75 Å². The number of benzene rings is 1. The molecule has 1 aliphatic carbocycles. The van der Waals surface area contributed by atoms with Crippen LogP contribution in [0.3, 0.4) is 0 Å². The number of methoxy groups -OCH3 is 1. The molecule has 5 rings (SSSR count). The number of H-pyrrole nitrogens is 1. The summed E-state index contributed by atoms with van der Waals surface area (Å²) in [6, 6.07) is 4.86. The predicted octanol–water partition coefficient (Wildman–Crippen LogP) is 5.69. The summed E-state index contributed by atoms with van der Waals surface area (Å²) in [6.45, 7) is 0.789. The van der Waals surface area contributed by atoms with Crippen LogP contribution >= 0.6 is 0 Å². The summed E-state index contributed by atoms with van der Waals surface area (Å²) in [5.41, 5.74) is 1.92. The van der Waals surface area contributed by atoms with Crippen LogP contribution in [0.1, 0.15) is 72.1 Å². The fraction of sp³-hybridized carbons (Fsp3) is 0.500. The van der Waals surface area contributed by atoms with E-state index in [0.717, 1.165) is 43.6 Å². The summed E-state index contributed by atoms with van der Waals surface area (Å²) in [7, 11) is 1.73. The van der Waals surface area contributed by atoms with Gasteiger partial charge in [-0.2, -0.15) is 0 Å². The smallest absolute Gasteiger partial charge is 0.406 e. The Morgan fingerprint density at radius 1 is 1.03 bits per heavy atom. The van der Waals surface area contributed by atoms with Crippen LogP contribution in [-0.2, 0) is 4.74 Å². The molecule has 1 saturated heterocycles. The van der Waals surface area contributed by atoms with Gasteiger partial charge in [-0.1, -0.05) is 0 Å². The maximum Gasteiger partial charge on any atom is 0.573 e. The van der Waals surface area contributed by atoms with E-state index in [0.29, 0.717) is 42.7 Å². The molecule has 1 N–H and O–H groups in total. The number of amides is 1. The van der Waals surface area contributed by atoms with Crippen LogP contribution in [0.15, 0.2) is 30.5 Å². The minimum absolute atomic E-state index is 0.127. The molecule has 0 atom stereocenters. The topological polar surface area (TPSA) is 80.3 Å². The number of rotatable bonds is 5. The second kappa shape index (κ2) is 10.3. The Kier molecular flexibility index (Phi) is 7.06. The number of piperidine rings is 1. The molecule has 3 aromatic rings. The zero-order chi connectivity index (χ0) is 26.2. The molecule has 1 aliphatic heterocycles. The average Bonchev–Trinajstić information content (AvgIpc) is 3.32. The van der Waals surface area contributed by atoms with E-state index in [1.165, 1.54) is 18.3 Å². The van der Waals surface area contributed by atoms with Crippen molar-refractivity contribution in [3.05, 3.63) is 53.2 Å². The number of pyridine rings is 1. The molecule has 37 heavy (non-hydrogen) atoms. The van der Waals surface area contributed by atoms with Gasteiger partial charge in [0.1, 0.15) is 22.9 Å². The van der Waals surface area contributed by atoms with Crippen molar-refractivity contribution in [2.24, 2.45) is 0 Å². The summed E-state index contributed by atoms with van der Waals surface area (Å²) >= 11 is 0. The molecule has 2 fully saturated rings. The number of carbonyl (C=O) groups is 1. The molecule has 2 aliphatic rings. The Bertz CT molecular complexity index is 1250. The van der Waals surface area contributed by atoms with Crippen molar-refractivity contribution in [1.29, 1.82) is 0 Å². The molecule has 0 unspecified atom stereocenters. The number of hydrogen-bond donors (Lipinski definition) is 1. The number of imidazole rings is 1. The lowest BCUT2D eigenvalue weighted by Crippen LogP contribution is -2.38. The number of carbonyl (C=O) groups excluding carboxylic acids is 1. The summed E-state index contributed by atoms with van der Waals surface area (Å²) in [5, 5.41) is 0. The van der Waals surface area contributed by atoms with E-state index in [-0.39, 0.29) is 35.2 Å². The molecule has 0 radical (unpaired) electrons. The predicted molar refractivity (Wildman–Crippen MR) is 127 cm³/mol. The largest absolute Gasteiger partial charge is 0.573 e. The zero-order valence-electron chi connectivity index (χ0n) is 20.4. The molecule has 1 aromatic carbocycles. The van der Waals surface area contributed by atoms with Crippen LogP contribution in [0.25, 0.3) is 11.2 Å². The molecular weight excluding hydrogens is 492 g/mol. The summed E-state index contributed by atoms with van der Waals surface area (Å²) < 4.78 is 61.5. The Balaban J connectivity index is 1.27. The Hall–Kier alpha value is -3.21. The van der Waals surface area contributed by atoms with Crippen molar-refractivity contribution >= 4 is 17.1 Å². The van der Waals surface area contributed by atoms with Crippen molar-refractivity contribution in [1.82, 2.24) is 19.9 Å². The highest BCUT2D eigenvalue weighted by atomic mass is 19.4. The van der Waals surface area contributed by atoms with Crippen molar-refractivity contribution < 1.29 is 31.8 Å². The standard InChI is InChI=1S/C26H28F4N4O3/c1-36-18-6-2-16(3-7-18)23-32-22-21(20(27)14-31-24(22)33-23)15-10-12-34(13-11-15)25(35)17-4-8-19(9-5-17)37-26(28,29)30/h4-5,8-9,14-16,18H,2-3,6-7,10-13H2,1H3,(H,31,32,33). The van der Waals surface area contributed by atoms with Crippen LogP contribution in [-0.4, -0.2) is 58.4 Å². The second-order valence-corrected chi connectivity index (χ2v) is 9.69. The average molecular weight is 521 g/mol. The van der Waals surface area contributed by atoms with Gasteiger partial charge >= 0.3 is 6.36 Å². The van der Waals surface area contributed by atoms with Crippen molar-refractivity contribution in [2.75, 3.05) is 20.2 Å². The maximum absolute atomic E-state index is 15.0. The normalized spacial score (nSPS) is 21.4. The molecule has 0 bridgehead atoms. The number of hydrogen-bond acceptors (Lipinski definition) is 5. The minimum Gasteiger partial charge on any atom is -0.406 e. The fourth-order valence-electron chi connectivity index (χ4n) is 5.47.